The molecule has 0 aliphatic rings. The highest BCUT2D eigenvalue weighted by molar-refractivity contribution is 5.07. The molecular formula is C8H12N2O. The molecule has 3 heteroatoms. The molecule has 1 heterocycles. The van der Waals surface area contributed by atoms with Crippen molar-refractivity contribution in [1.29, 1.82) is 0 Å². The van der Waals surface area contributed by atoms with Crippen LogP contribution in [0.1, 0.15) is 18.7 Å². The minimum atomic E-state index is -0.656. The molecule has 0 saturated carbocycles. The Kier molecular flexibility index (Phi) is 2.57. The van der Waals surface area contributed by atoms with Crippen LogP contribution in [0.3, 0.4) is 0 Å². The van der Waals surface area contributed by atoms with E-state index in [0.717, 1.165) is 0 Å². The van der Waals surface area contributed by atoms with Gasteiger partial charge in [-0.1, -0.05) is 6.07 Å². The zero-order chi connectivity index (χ0) is 8.27. The van der Waals surface area contributed by atoms with Gasteiger partial charge in [0.2, 0.25) is 0 Å². The molecule has 11 heavy (non-hydrogen) atoms. The van der Waals surface area contributed by atoms with Crippen LogP contribution in [0.25, 0.3) is 0 Å². The van der Waals surface area contributed by atoms with Gasteiger partial charge in [0, 0.05) is 12.2 Å². The molecule has 0 aliphatic carbocycles. The maximum atomic E-state index is 9.41. The average molecular weight is 152 g/mol. The highest BCUT2D eigenvalue weighted by Gasteiger charge is 2.12. The molecule has 1 aromatic rings. The Morgan fingerprint density at radius 2 is 2.27 bits per heavy atom. The molecule has 0 aliphatic heterocycles. The van der Waals surface area contributed by atoms with E-state index >= 15 is 0 Å². The number of aromatic nitrogens is 1. The van der Waals surface area contributed by atoms with Crippen LogP contribution in [0.5, 0.6) is 0 Å². The molecule has 0 spiro atoms. The molecule has 0 radical (unpaired) electrons. The molecule has 0 fully saturated rings. The summed E-state index contributed by atoms with van der Waals surface area (Å²) in [5, 5.41) is 9.41. The van der Waals surface area contributed by atoms with Crippen molar-refractivity contribution in [3.05, 3.63) is 30.1 Å². The van der Waals surface area contributed by atoms with Crippen molar-refractivity contribution < 1.29 is 5.11 Å². The second-order valence-corrected chi connectivity index (χ2v) is 2.56. The van der Waals surface area contributed by atoms with E-state index in [-0.39, 0.29) is 6.04 Å². The minimum absolute atomic E-state index is 0.273. The minimum Gasteiger partial charge on any atom is -0.385 e. The van der Waals surface area contributed by atoms with Gasteiger partial charge in [-0.3, -0.25) is 4.98 Å². The van der Waals surface area contributed by atoms with Crippen molar-refractivity contribution in [1.82, 2.24) is 4.98 Å². The van der Waals surface area contributed by atoms with Crippen LogP contribution in [0, 0.1) is 0 Å². The van der Waals surface area contributed by atoms with Gasteiger partial charge in [-0.2, -0.15) is 0 Å². The van der Waals surface area contributed by atoms with Crippen LogP contribution in [0.2, 0.25) is 0 Å². The summed E-state index contributed by atoms with van der Waals surface area (Å²) in [6.45, 7) is 1.75. The zero-order valence-corrected chi connectivity index (χ0v) is 6.44. The van der Waals surface area contributed by atoms with E-state index in [0.29, 0.717) is 5.69 Å². The second-order valence-electron chi connectivity index (χ2n) is 2.56. The van der Waals surface area contributed by atoms with Crippen LogP contribution in [-0.4, -0.2) is 16.1 Å². The maximum absolute atomic E-state index is 9.41. The van der Waals surface area contributed by atoms with Crippen LogP contribution in [0.4, 0.5) is 0 Å². The molecule has 3 nitrogen and oxygen atoms in total. The lowest BCUT2D eigenvalue weighted by Crippen LogP contribution is -2.24. The molecule has 3 N–H and O–H groups in total. The normalized spacial score (nSPS) is 15.9. The van der Waals surface area contributed by atoms with Gasteiger partial charge in [-0.15, -0.1) is 0 Å². The number of pyridine rings is 1. The predicted octanol–water partition coefficient (Wildman–Crippen LogP) is 0.462. The van der Waals surface area contributed by atoms with Crippen molar-refractivity contribution in [3.8, 4) is 0 Å². The first kappa shape index (κ1) is 8.17. The molecule has 1 aromatic heterocycles. The average Bonchev–Trinajstić information content (AvgIpc) is 2.05. The fraction of sp³-hybridized carbons (Fsp3) is 0.375. The summed E-state index contributed by atoms with van der Waals surface area (Å²) in [5.74, 6) is 0. The number of aliphatic hydroxyl groups is 1. The molecule has 0 saturated heterocycles. The third-order valence-electron chi connectivity index (χ3n) is 1.49. The molecule has 0 amide bonds. The summed E-state index contributed by atoms with van der Waals surface area (Å²) in [7, 11) is 0. The lowest BCUT2D eigenvalue weighted by atomic mass is 10.1. The van der Waals surface area contributed by atoms with Gasteiger partial charge in [0.1, 0.15) is 6.10 Å². The Labute approximate surface area is 65.9 Å². The fourth-order valence-corrected chi connectivity index (χ4v) is 0.820. The van der Waals surface area contributed by atoms with Crippen LogP contribution in [-0.2, 0) is 0 Å². The Balaban J connectivity index is 2.77. The summed E-state index contributed by atoms with van der Waals surface area (Å²) in [6, 6.07) is 5.12. The standard InChI is InChI=1S/C8H12N2O/c1-6(9)8(11)7-4-2-3-5-10-7/h2-6,8,11H,9H2,1H3/t6-,8-/m1/s1. The number of rotatable bonds is 2. The summed E-state index contributed by atoms with van der Waals surface area (Å²) in [6.07, 6.45) is 0.984. The lowest BCUT2D eigenvalue weighted by Gasteiger charge is -2.12. The van der Waals surface area contributed by atoms with Crippen molar-refractivity contribution in [3.63, 3.8) is 0 Å². The largest absolute Gasteiger partial charge is 0.385 e. The quantitative estimate of drug-likeness (QED) is 0.647. The highest BCUT2D eigenvalue weighted by Crippen LogP contribution is 2.10. The lowest BCUT2D eigenvalue weighted by molar-refractivity contribution is 0.149. The number of aliphatic hydroxyl groups excluding tert-OH is 1. The first-order valence-corrected chi connectivity index (χ1v) is 3.56. The summed E-state index contributed by atoms with van der Waals surface area (Å²) in [5.41, 5.74) is 6.11. The molecule has 1 rings (SSSR count). The Morgan fingerprint density at radius 3 is 2.73 bits per heavy atom. The number of hydrogen-bond acceptors (Lipinski definition) is 3. The van der Waals surface area contributed by atoms with Gasteiger partial charge in [-0.05, 0) is 19.1 Å². The summed E-state index contributed by atoms with van der Waals surface area (Å²) >= 11 is 0. The third kappa shape index (κ3) is 2.00. The van der Waals surface area contributed by atoms with Crippen molar-refractivity contribution in [2.45, 2.75) is 19.1 Å². The Hall–Kier alpha value is -0.930. The van der Waals surface area contributed by atoms with E-state index < -0.39 is 6.10 Å². The van der Waals surface area contributed by atoms with Gasteiger partial charge < -0.3 is 10.8 Å². The highest BCUT2D eigenvalue weighted by atomic mass is 16.3. The maximum Gasteiger partial charge on any atom is 0.111 e. The predicted molar refractivity (Wildman–Crippen MR) is 42.8 cm³/mol. The summed E-state index contributed by atoms with van der Waals surface area (Å²) in [4.78, 5) is 3.97. The van der Waals surface area contributed by atoms with Gasteiger partial charge in [0.25, 0.3) is 0 Å². The SMILES string of the molecule is C[C@@H](N)[C@@H](O)c1ccccn1. The van der Waals surface area contributed by atoms with Crippen LogP contribution >= 0.6 is 0 Å². The first-order valence-electron chi connectivity index (χ1n) is 3.56. The molecule has 60 valence electrons. The molecule has 0 bridgehead atoms. The van der Waals surface area contributed by atoms with E-state index in [1.807, 2.05) is 6.07 Å². The van der Waals surface area contributed by atoms with E-state index in [9.17, 15) is 5.11 Å². The smallest absolute Gasteiger partial charge is 0.111 e. The van der Waals surface area contributed by atoms with E-state index in [4.69, 9.17) is 5.73 Å². The molecule has 0 unspecified atom stereocenters. The first-order chi connectivity index (χ1) is 5.22. The van der Waals surface area contributed by atoms with Crippen molar-refractivity contribution in [2.24, 2.45) is 5.73 Å². The van der Waals surface area contributed by atoms with E-state index in [1.165, 1.54) is 0 Å². The van der Waals surface area contributed by atoms with E-state index in [1.54, 1.807) is 25.3 Å². The van der Waals surface area contributed by atoms with Gasteiger partial charge in [0.05, 0.1) is 5.69 Å². The van der Waals surface area contributed by atoms with Crippen LogP contribution in [0.15, 0.2) is 24.4 Å². The number of nitrogens with zero attached hydrogens (tertiary/aromatic N) is 1. The molecular weight excluding hydrogens is 140 g/mol. The molecule has 0 aromatic carbocycles. The summed E-state index contributed by atoms with van der Waals surface area (Å²) < 4.78 is 0. The van der Waals surface area contributed by atoms with E-state index in [2.05, 4.69) is 4.98 Å². The Bertz CT molecular complexity index is 211. The van der Waals surface area contributed by atoms with Gasteiger partial charge in [0.15, 0.2) is 0 Å². The van der Waals surface area contributed by atoms with Gasteiger partial charge in [-0.25, -0.2) is 0 Å². The fourth-order valence-electron chi connectivity index (χ4n) is 0.820. The van der Waals surface area contributed by atoms with Crippen molar-refractivity contribution >= 4 is 0 Å². The van der Waals surface area contributed by atoms with Crippen LogP contribution < -0.4 is 5.73 Å². The Morgan fingerprint density at radius 1 is 1.55 bits per heavy atom. The third-order valence-corrected chi connectivity index (χ3v) is 1.49. The van der Waals surface area contributed by atoms with Crippen molar-refractivity contribution in [2.75, 3.05) is 0 Å². The number of hydrogen-bond donors (Lipinski definition) is 2. The second kappa shape index (κ2) is 3.46. The topological polar surface area (TPSA) is 59.1 Å². The monoisotopic (exact) mass is 152 g/mol. The van der Waals surface area contributed by atoms with Gasteiger partial charge >= 0.3 is 0 Å². The molecule has 2 atom stereocenters. The zero-order valence-electron chi connectivity index (χ0n) is 6.44. The number of nitrogens with two attached hydrogens (primary N) is 1.